The molecule has 1 N–H and O–H groups in total. The Morgan fingerprint density at radius 3 is 3.11 bits per heavy atom. The van der Waals surface area contributed by atoms with Crippen molar-refractivity contribution in [3.8, 4) is 0 Å². The van der Waals surface area contributed by atoms with E-state index < -0.39 is 0 Å². The van der Waals surface area contributed by atoms with Crippen molar-refractivity contribution in [2.24, 2.45) is 0 Å². The van der Waals surface area contributed by atoms with Crippen LogP contribution in [0.5, 0.6) is 0 Å². The van der Waals surface area contributed by atoms with Gasteiger partial charge in [0.05, 0.1) is 5.60 Å². The molecule has 0 amide bonds. The van der Waals surface area contributed by atoms with Crippen LogP contribution in [0, 0.1) is 0 Å². The predicted octanol–water partition coefficient (Wildman–Crippen LogP) is 1.81. The van der Waals surface area contributed by atoms with Crippen molar-refractivity contribution in [2.75, 3.05) is 32.1 Å². The lowest BCUT2D eigenvalue weighted by Gasteiger charge is -2.40. The molecule has 4 heteroatoms. The zero-order valence-corrected chi connectivity index (χ0v) is 11.6. The summed E-state index contributed by atoms with van der Waals surface area (Å²) in [5.74, 6) is 1.06. The first-order chi connectivity index (χ1) is 8.67. The summed E-state index contributed by atoms with van der Waals surface area (Å²) in [7, 11) is 3.76. The third-order valence-corrected chi connectivity index (χ3v) is 3.67. The van der Waals surface area contributed by atoms with Crippen LogP contribution >= 0.6 is 0 Å². The first-order valence-corrected chi connectivity index (χ1v) is 6.56. The summed E-state index contributed by atoms with van der Waals surface area (Å²) in [6.45, 7) is 5.04. The summed E-state index contributed by atoms with van der Waals surface area (Å²) in [5.41, 5.74) is 1.23. The first kappa shape index (κ1) is 13.3. The quantitative estimate of drug-likeness (QED) is 0.883. The van der Waals surface area contributed by atoms with Gasteiger partial charge in [-0.2, -0.15) is 0 Å². The minimum Gasteiger partial charge on any atom is -0.377 e. The van der Waals surface area contributed by atoms with Crippen molar-refractivity contribution < 1.29 is 4.74 Å². The van der Waals surface area contributed by atoms with Gasteiger partial charge in [0.1, 0.15) is 5.82 Å². The molecule has 0 bridgehead atoms. The highest BCUT2D eigenvalue weighted by Gasteiger charge is 2.31. The number of ether oxygens (including phenoxy) is 1. The molecule has 18 heavy (non-hydrogen) atoms. The van der Waals surface area contributed by atoms with Gasteiger partial charge in [0.25, 0.3) is 0 Å². The van der Waals surface area contributed by atoms with E-state index in [1.807, 2.05) is 13.2 Å². The molecule has 0 radical (unpaired) electrons. The van der Waals surface area contributed by atoms with Gasteiger partial charge in [0, 0.05) is 32.9 Å². The Bertz CT molecular complexity index is 396. The summed E-state index contributed by atoms with van der Waals surface area (Å²) in [6, 6.07) is 4.22. The topological polar surface area (TPSA) is 37.4 Å². The fourth-order valence-electron chi connectivity index (χ4n) is 2.52. The van der Waals surface area contributed by atoms with Crippen LogP contribution in [0.3, 0.4) is 0 Å². The minimum atomic E-state index is -0.0427. The van der Waals surface area contributed by atoms with Crippen LogP contribution in [0.4, 0.5) is 5.82 Å². The lowest BCUT2D eigenvalue weighted by Crippen LogP contribution is -2.47. The van der Waals surface area contributed by atoms with Crippen LogP contribution in [-0.4, -0.2) is 37.8 Å². The molecule has 2 heterocycles. The Balaban J connectivity index is 2.13. The largest absolute Gasteiger partial charge is 0.377 e. The molecular weight excluding hydrogens is 226 g/mol. The second-order valence-corrected chi connectivity index (χ2v) is 5.23. The van der Waals surface area contributed by atoms with Gasteiger partial charge < -0.3 is 15.0 Å². The molecule has 0 aliphatic carbocycles. The molecule has 1 aliphatic rings. The van der Waals surface area contributed by atoms with Crippen molar-refractivity contribution in [3.05, 3.63) is 23.9 Å². The Labute approximate surface area is 109 Å². The van der Waals surface area contributed by atoms with E-state index in [1.54, 1.807) is 7.11 Å². The normalized spacial score (nSPS) is 24.3. The van der Waals surface area contributed by atoms with Crippen LogP contribution in [-0.2, 0) is 11.3 Å². The summed E-state index contributed by atoms with van der Waals surface area (Å²) >= 11 is 0. The van der Waals surface area contributed by atoms with Gasteiger partial charge in [0.15, 0.2) is 0 Å². The molecule has 1 fully saturated rings. The maximum absolute atomic E-state index is 5.63. The van der Waals surface area contributed by atoms with Crippen molar-refractivity contribution in [2.45, 2.75) is 31.9 Å². The highest BCUT2D eigenvalue weighted by Crippen LogP contribution is 2.27. The van der Waals surface area contributed by atoms with Crippen LogP contribution in [0.15, 0.2) is 18.3 Å². The maximum Gasteiger partial charge on any atom is 0.128 e. The molecule has 1 unspecified atom stereocenters. The second-order valence-electron chi connectivity index (χ2n) is 5.23. The SMILES string of the molecule is CNCc1ccnc(N2CCCC(C)(OC)C2)c1. The fourth-order valence-corrected chi connectivity index (χ4v) is 2.52. The lowest BCUT2D eigenvalue weighted by molar-refractivity contribution is -0.00481. The number of anilines is 1. The number of nitrogens with one attached hydrogen (secondary N) is 1. The summed E-state index contributed by atoms with van der Waals surface area (Å²) in [5, 5.41) is 3.17. The number of methoxy groups -OCH3 is 1. The molecule has 100 valence electrons. The number of hydrogen-bond acceptors (Lipinski definition) is 4. The summed E-state index contributed by atoms with van der Waals surface area (Å²) < 4.78 is 5.63. The molecule has 1 aromatic heterocycles. The van der Waals surface area contributed by atoms with Crippen LogP contribution in [0.1, 0.15) is 25.3 Å². The molecule has 0 spiro atoms. The van der Waals surface area contributed by atoms with Gasteiger partial charge in [-0.1, -0.05) is 0 Å². The van der Waals surface area contributed by atoms with E-state index >= 15 is 0 Å². The molecule has 0 saturated carbocycles. The predicted molar refractivity (Wildman–Crippen MR) is 73.9 cm³/mol. The van der Waals surface area contributed by atoms with E-state index in [0.29, 0.717) is 0 Å². The number of nitrogens with zero attached hydrogens (tertiary/aromatic N) is 2. The Kier molecular flexibility index (Phi) is 4.19. The third kappa shape index (κ3) is 3.00. The van der Waals surface area contributed by atoms with Gasteiger partial charge in [-0.15, -0.1) is 0 Å². The van der Waals surface area contributed by atoms with Crippen molar-refractivity contribution in [3.63, 3.8) is 0 Å². The van der Waals surface area contributed by atoms with Crippen LogP contribution < -0.4 is 10.2 Å². The summed E-state index contributed by atoms with van der Waals surface area (Å²) in [4.78, 5) is 6.81. The molecular formula is C14H23N3O. The number of piperidine rings is 1. The average Bonchev–Trinajstić information content (AvgIpc) is 2.40. The number of aromatic nitrogens is 1. The van der Waals surface area contributed by atoms with E-state index in [1.165, 1.54) is 5.56 Å². The summed E-state index contributed by atoms with van der Waals surface area (Å²) in [6.07, 6.45) is 4.17. The van der Waals surface area contributed by atoms with E-state index in [2.05, 4.69) is 34.3 Å². The van der Waals surface area contributed by atoms with Gasteiger partial charge in [-0.05, 0) is 44.5 Å². The van der Waals surface area contributed by atoms with Crippen molar-refractivity contribution in [1.82, 2.24) is 10.3 Å². The van der Waals surface area contributed by atoms with Gasteiger partial charge >= 0.3 is 0 Å². The van der Waals surface area contributed by atoms with Crippen LogP contribution in [0.25, 0.3) is 0 Å². The van der Waals surface area contributed by atoms with Crippen LogP contribution in [0.2, 0.25) is 0 Å². The highest BCUT2D eigenvalue weighted by molar-refractivity contribution is 5.42. The zero-order chi connectivity index (χ0) is 13.0. The molecule has 1 saturated heterocycles. The Morgan fingerprint density at radius 1 is 1.56 bits per heavy atom. The molecule has 1 aliphatic heterocycles. The van der Waals surface area contributed by atoms with Crippen molar-refractivity contribution >= 4 is 5.82 Å². The standard InChI is InChI=1S/C14H23N3O/c1-14(18-3)6-4-8-17(11-14)13-9-12(10-15-2)5-7-16-13/h5,7,9,15H,4,6,8,10-11H2,1-3H3. The third-order valence-electron chi connectivity index (χ3n) is 3.67. The van der Waals surface area contributed by atoms with E-state index in [0.717, 1.165) is 38.3 Å². The Hall–Kier alpha value is -1.13. The molecule has 2 rings (SSSR count). The van der Waals surface area contributed by atoms with E-state index in [4.69, 9.17) is 4.74 Å². The van der Waals surface area contributed by atoms with Crippen molar-refractivity contribution in [1.29, 1.82) is 0 Å². The molecule has 0 aromatic carbocycles. The highest BCUT2D eigenvalue weighted by atomic mass is 16.5. The smallest absolute Gasteiger partial charge is 0.128 e. The minimum absolute atomic E-state index is 0.0427. The fraction of sp³-hybridized carbons (Fsp3) is 0.643. The Morgan fingerprint density at radius 2 is 2.39 bits per heavy atom. The van der Waals surface area contributed by atoms with Gasteiger partial charge in [-0.3, -0.25) is 0 Å². The zero-order valence-electron chi connectivity index (χ0n) is 11.6. The molecule has 1 aromatic rings. The average molecular weight is 249 g/mol. The van der Waals surface area contributed by atoms with Gasteiger partial charge in [-0.25, -0.2) is 4.98 Å². The van der Waals surface area contributed by atoms with E-state index in [9.17, 15) is 0 Å². The monoisotopic (exact) mass is 249 g/mol. The second kappa shape index (κ2) is 5.67. The number of pyridine rings is 1. The lowest BCUT2D eigenvalue weighted by atomic mass is 9.95. The van der Waals surface area contributed by atoms with Gasteiger partial charge in [0.2, 0.25) is 0 Å². The number of hydrogen-bond donors (Lipinski definition) is 1. The molecule has 1 atom stereocenters. The number of rotatable bonds is 4. The first-order valence-electron chi connectivity index (χ1n) is 6.56. The maximum atomic E-state index is 5.63. The molecule has 4 nitrogen and oxygen atoms in total. The van der Waals surface area contributed by atoms with E-state index in [-0.39, 0.29) is 5.60 Å².